The molecule has 0 aliphatic rings. The summed E-state index contributed by atoms with van der Waals surface area (Å²) in [4.78, 5) is 16.3. The molecule has 6 heteroatoms. The summed E-state index contributed by atoms with van der Waals surface area (Å²) in [6, 6.07) is -0.441. The summed E-state index contributed by atoms with van der Waals surface area (Å²) in [5, 5.41) is 5.94. The molecule has 1 amide bonds. The summed E-state index contributed by atoms with van der Waals surface area (Å²) in [7, 11) is 0. The van der Waals surface area contributed by atoms with Crippen LogP contribution in [-0.4, -0.2) is 28.9 Å². The lowest BCUT2D eigenvalue weighted by molar-refractivity contribution is -0.123. The second-order valence-electron chi connectivity index (χ2n) is 4.18. The van der Waals surface area contributed by atoms with Crippen molar-refractivity contribution >= 4 is 29.0 Å². The number of carbonyl (C=O) groups excluding carboxylic acids is 1. The van der Waals surface area contributed by atoms with Gasteiger partial charge in [0, 0.05) is 11.1 Å². The lowest BCUT2D eigenvalue weighted by atomic mass is 10.2. The van der Waals surface area contributed by atoms with Crippen LogP contribution in [0.5, 0.6) is 0 Å². The Kier molecular flexibility index (Phi) is 6.67. The summed E-state index contributed by atoms with van der Waals surface area (Å²) in [5.41, 5.74) is 6.84. The van der Waals surface area contributed by atoms with Gasteiger partial charge in [0.2, 0.25) is 5.91 Å². The van der Waals surface area contributed by atoms with Gasteiger partial charge in [0.1, 0.15) is 5.01 Å². The molecule has 0 aliphatic carbocycles. The van der Waals surface area contributed by atoms with Crippen LogP contribution in [-0.2, 0) is 4.79 Å². The summed E-state index contributed by atoms with van der Waals surface area (Å²) in [6.07, 6.45) is 3.55. The predicted octanol–water partition coefficient (Wildman–Crippen LogP) is 2.10. The van der Waals surface area contributed by atoms with Crippen molar-refractivity contribution in [3.05, 3.63) is 16.1 Å². The number of aryl methyl sites for hydroxylation is 1. The van der Waals surface area contributed by atoms with Crippen LogP contribution in [0.1, 0.15) is 36.5 Å². The molecule has 0 aliphatic heterocycles. The molecule has 0 aromatic carbocycles. The first-order chi connectivity index (χ1) is 8.58. The van der Waals surface area contributed by atoms with Gasteiger partial charge in [0.05, 0.1) is 12.1 Å². The molecule has 0 saturated carbocycles. The quantitative estimate of drug-likeness (QED) is 0.806. The normalized spacial score (nSPS) is 14.2. The highest BCUT2D eigenvalue weighted by Gasteiger charge is 2.19. The highest BCUT2D eigenvalue weighted by molar-refractivity contribution is 7.98. The molecule has 1 rings (SSSR count). The van der Waals surface area contributed by atoms with E-state index in [-0.39, 0.29) is 11.9 Å². The van der Waals surface area contributed by atoms with Crippen LogP contribution in [0.3, 0.4) is 0 Å². The highest BCUT2D eigenvalue weighted by Crippen LogP contribution is 2.20. The first-order valence-electron chi connectivity index (χ1n) is 6.05. The van der Waals surface area contributed by atoms with E-state index in [0.717, 1.165) is 22.9 Å². The molecule has 0 fully saturated rings. The molecule has 0 spiro atoms. The maximum atomic E-state index is 11.9. The first kappa shape index (κ1) is 15.5. The Morgan fingerprint density at radius 2 is 2.39 bits per heavy atom. The highest BCUT2D eigenvalue weighted by atomic mass is 32.2. The van der Waals surface area contributed by atoms with Gasteiger partial charge in [-0.15, -0.1) is 11.3 Å². The summed E-state index contributed by atoms with van der Waals surface area (Å²) >= 11 is 3.28. The first-order valence-corrected chi connectivity index (χ1v) is 8.32. The zero-order chi connectivity index (χ0) is 13.5. The number of hydrogen-bond acceptors (Lipinski definition) is 5. The van der Waals surface area contributed by atoms with Gasteiger partial charge in [-0.2, -0.15) is 11.8 Å². The molecule has 1 aromatic rings. The van der Waals surface area contributed by atoms with Gasteiger partial charge in [0.15, 0.2) is 0 Å². The number of aromatic nitrogens is 1. The number of nitrogens with zero attached hydrogens (tertiary/aromatic N) is 1. The lowest BCUT2D eigenvalue weighted by Gasteiger charge is -2.17. The molecule has 4 nitrogen and oxygen atoms in total. The van der Waals surface area contributed by atoms with E-state index in [1.807, 2.05) is 25.5 Å². The van der Waals surface area contributed by atoms with Gasteiger partial charge >= 0.3 is 0 Å². The number of amides is 1. The minimum absolute atomic E-state index is 0.0171. The fraction of sp³-hybridized carbons (Fsp3) is 0.667. The standard InChI is InChI=1S/C12H21N3OS2/c1-4-10(12-14-8(2)7-18-12)15-11(16)9(13)5-6-17-3/h7,9-10H,4-6,13H2,1-3H3,(H,15,16)/t9-,10?/m0/s1. The van der Waals surface area contributed by atoms with Crippen LogP contribution in [0.15, 0.2) is 5.38 Å². The van der Waals surface area contributed by atoms with Crippen molar-refractivity contribution in [3.8, 4) is 0 Å². The Bertz CT molecular complexity index is 381. The minimum atomic E-state index is -0.424. The third-order valence-corrected chi connectivity index (χ3v) is 4.35. The number of thiazole rings is 1. The van der Waals surface area contributed by atoms with Crippen LogP contribution in [0.25, 0.3) is 0 Å². The second-order valence-corrected chi connectivity index (χ2v) is 6.06. The predicted molar refractivity (Wildman–Crippen MR) is 79.0 cm³/mol. The van der Waals surface area contributed by atoms with E-state index in [0.29, 0.717) is 6.42 Å². The van der Waals surface area contributed by atoms with Gasteiger partial charge in [-0.25, -0.2) is 4.98 Å². The number of nitrogens with two attached hydrogens (primary N) is 1. The van der Waals surface area contributed by atoms with Crippen molar-refractivity contribution in [1.82, 2.24) is 10.3 Å². The maximum Gasteiger partial charge on any atom is 0.237 e. The van der Waals surface area contributed by atoms with Crippen LogP contribution in [0, 0.1) is 6.92 Å². The third kappa shape index (κ3) is 4.59. The van der Waals surface area contributed by atoms with E-state index in [2.05, 4.69) is 10.3 Å². The van der Waals surface area contributed by atoms with Crippen molar-refractivity contribution in [3.63, 3.8) is 0 Å². The zero-order valence-corrected chi connectivity index (χ0v) is 12.7. The smallest absolute Gasteiger partial charge is 0.237 e. The van der Waals surface area contributed by atoms with Gasteiger partial charge in [-0.1, -0.05) is 6.92 Å². The van der Waals surface area contributed by atoms with Crippen LogP contribution in [0.2, 0.25) is 0 Å². The van der Waals surface area contributed by atoms with E-state index in [9.17, 15) is 4.79 Å². The Labute approximate surface area is 117 Å². The fourth-order valence-electron chi connectivity index (χ4n) is 1.53. The van der Waals surface area contributed by atoms with Crippen LogP contribution >= 0.6 is 23.1 Å². The molecule has 18 heavy (non-hydrogen) atoms. The van der Waals surface area contributed by atoms with E-state index < -0.39 is 6.04 Å². The number of hydrogen-bond donors (Lipinski definition) is 2. The maximum absolute atomic E-state index is 11.9. The van der Waals surface area contributed by atoms with E-state index in [1.54, 1.807) is 23.1 Å². The third-order valence-electron chi connectivity index (χ3n) is 2.63. The number of thioether (sulfide) groups is 1. The number of nitrogens with one attached hydrogen (secondary N) is 1. The van der Waals surface area contributed by atoms with Crippen molar-refractivity contribution in [2.75, 3.05) is 12.0 Å². The SMILES string of the molecule is CCC(NC(=O)[C@@H](N)CCSC)c1nc(C)cs1. The second kappa shape index (κ2) is 7.76. The molecule has 3 N–H and O–H groups in total. The van der Waals surface area contributed by atoms with E-state index in [4.69, 9.17) is 5.73 Å². The minimum Gasteiger partial charge on any atom is -0.346 e. The zero-order valence-electron chi connectivity index (χ0n) is 11.1. The van der Waals surface area contributed by atoms with Crippen molar-refractivity contribution in [2.24, 2.45) is 5.73 Å². The molecule has 0 bridgehead atoms. The average molecular weight is 287 g/mol. The summed E-state index contributed by atoms with van der Waals surface area (Å²) in [5.74, 6) is 0.825. The van der Waals surface area contributed by atoms with Crippen molar-refractivity contribution < 1.29 is 4.79 Å². The van der Waals surface area contributed by atoms with Gasteiger partial charge in [0.25, 0.3) is 0 Å². The van der Waals surface area contributed by atoms with Crippen molar-refractivity contribution in [2.45, 2.75) is 38.8 Å². The average Bonchev–Trinajstić information content (AvgIpc) is 2.79. The molecule has 1 aromatic heterocycles. The molecule has 0 saturated heterocycles. The van der Waals surface area contributed by atoms with Gasteiger partial charge < -0.3 is 11.1 Å². The van der Waals surface area contributed by atoms with Gasteiger partial charge in [-0.05, 0) is 31.8 Å². The van der Waals surface area contributed by atoms with Crippen molar-refractivity contribution in [1.29, 1.82) is 0 Å². The number of carbonyl (C=O) groups is 1. The molecule has 2 atom stereocenters. The molecule has 1 unspecified atom stereocenters. The lowest BCUT2D eigenvalue weighted by Crippen LogP contribution is -2.42. The van der Waals surface area contributed by atoms with E-state index >= 15 is 0 Å². The Morgan fingerprint density at radius 3 is 2.89 bits per heavy atom. The van der Waals surface area contributed by atoms with Gasteiger partial charge in [-0.3, -0.25) is 4.79 Å². The topological polar surface area (TPSA) is 68.0 Å². The summed E-state index contributed by atoms with van der Waals surface area (Å²) in [6.45, 7) is 3.99. The fourth-order valence-corrected chi connectivity index (χ4v) is 2.95. The molecule has 1 heterocycles. The largest absolute Gasteiger partial charge is 0.346 e. The number of rotatable bonds is 7. The monoisotopic (exact) mass is 287 g/mol. The summed E-state index contributed by atoms with van der Waals surface area (Å²) < 4.78 is 0. The Morgan fingerprint density at radius 1 is 1.67 bits per heavy atom. The van der Waals surface area contributed by atoms with Crippen LogP contribution in [0.4, 0.5) is 0 Å². The Balaban J connectivity index is 2.55. The Hall–Kier alpha value is -0.590. The van der Waals surface area contributed by atoms with Crippen LogP contribution < -0.4 is 11.1 Å². The molecular formula is C12H21N3OS2. The molecule has 0 radical (unpaired) electrons. The molecular weight excluding hydrogens is 266 g/mol. The van der Waals surface area contributed by atoms with E-state index in [1.165, 1.54) is 0 Å². The molecule has 102 valence electrons.